The van der Waals surface area contributed by atoms with Gasteiger partial charge in [-0.05, 0) is 35.0 Å². The van der Waals surface area contributed by atoms with Gasteiger partial charge in [-0.3, -0.25) is 0 Å². The van der Waals surface area contributed by atoms with E-state index in [0.717, 1.165) is 0 Å². The summed E-state index contributed by atoms with van der Waals surface area (Å²) in [5.41, 5.74) is 0.637. The van der Waals surface area contributed by atoms with Gasteiger partial charge in [-0.15, -0.1) is 0 Å². The molecule has 0 aromatic heterocycles. The third kappa shape index (κ3) is 2.71. The Hall–Kier alpha value is -1.05. The zero-order chi connectivity index (χ0) is 11.4. The van der Waals surface area contributed by atoms with Gasteiger partial charge in [0.25, 0.3) is 0 Å². The van der Waals surface area contributed by atoms with Gasteiger partial charge in [0.05, 0.1) is 28.8 Å². The molecular formula is C10H7BrClNO2. The van der Waals surface area contributed by atoms with E-state index >= 15 is 0 Å². The maximum Gasteiger partial charge on any atom is 0.340 e. The zero-order valence-electron chi connectivity index (χ0n) is 7.88. The van der Waals surface area contributed by atoms with E-state index in [1.165, 1.54) is 12.1 Å². The van der Waals surface area contributed by atoms with Crippen molar-refractivity contribution < 1.29 is 9.53 Å². The van der Waals surface area contributed by atoms with Gasteiger partial charge in [-0.2, -0.15) is 5.26 Å². The first-order valence-corrected chi connectivity index (χ1v) is 5.33. The second kappa shape index (κ2) is 5.15. The maximum absolute atomic E-state index is 11.5. The molecule has 1 aromatic carbocycles. The third-order valence-corrected chi connectivity index (χ3v) is 2.57. The van der Waals surface area contributed by atoms with Crippen LogP contribution in [0.15, 0.2) is 16.6 Å². The van der Waals surface area contributed by atoms with Crippen molar-refractivity contribution in [3.8, 4) is 6.07 Å². The van der Waals surface area contributed by atoms with Gasteiger partial charge in [0.15, 0.2) is 0 Å². The quantitative estimate of drug-likeness (QED) is 0.786. The van der Waals surface area contributed by atoms with Crippen LogP contribution < -0.4 is 0 Å². The Kier molecular flexibility index (Phi) is 4.13. The highest BCUT2D eigenvalue weighted by atomic mass is 79.9. The van der Waals surface area contributed by atoms with Gasteiger partial charge in [0, 0.05) is 4.47 Å². The van der Waals surface area contributed by atoms with Crippen LogP contribution in [-0.4, -0.2) is 12.6 Å². The molecule has 0 unspecified atom stereocenters. The van der Waals surface area contributed by atoms with Crippen molar-refractivity contribution in [2.75, 3.05) is 6.61 Å². The van der Waals surface area contributed by atoms with E-state index in [9.17, 15) is 4.79 Å². The molecule has 0 heterocycles. The summed E-state index contributed by atoms with van der Waals surface area (Å²) in [6.45, 7) is 1.99. The van der Waals surface area contributed by atoms with Crippen molar-refractivity contribution in [1.82, 2.24) is 0 Å². The fourth-order valence-electron chi connectivity index (χ4n) is 1.04. The molecule has 1 rings (SSSR count). The molecule has 15 heavy (non-hydrogen) atoms. The zero-order valence-corrected chi connectivity index (χ0v) is 10.2. The van der Waals surface area contributed by atoms with Gasteiger partial charge in [0.2, 0.25) is 0 Å². The number of nitriles is 1. The molecule has 0 N–H and O–H groups in total. The minimum atomic E-state index is -0.501. The van der Waals surface area contributed by atoms with Crippen molar-refractivity contribution in [3.05, 3.63) is 32.8 Å². The van der Waals surface area contributed by atoms with Crippen molar-refractivity contribution >= 4 is 33.5 Å². The Morgan fingerprint density at radius 3 is 2.80 bits per heavy atom. The summed E-state index contributed by atoms with van der Waals surface area (Å²) in [6, 6.07) is 4.90. The average molecular weight is 289 g/mol. The highest BCUT2D eigenvalue weighted by Crippen LogP contribution is 2.27. The van der Waals surface area contributed by atoms with E-state index in [-0.39, 0.29) is 17.2 Å². The number of benzene rings is 1. The first-order valence-electron chi connectivity index (χ1n) is 4.16. The van der Waals surface area contributed by atoms with E-state index in [0.29, 0.717) is 10.0 Å². The second-order valence-electron chi connectivity index (χ2n) is 2.65. The fraction of sp³-hybridized carbons (Fsp3) is 0.200. The van der Waals surface area contributed by atoms with Crippen LogP contribution in [0.5, 0.6) is 0 Å². The van der Waals surface area contributed by atoms with Crippen LogP contribution >= 0.6 is 27.5 Å². The van der Waals surface area contributed by atoms with Crippen LogP contribution in [-0.2, 0) is 4.74 Å². The summed E-state index contributed by atoms with van der Waals surface area (Å²) in [5, 5.41) is 8.88. The van der Waals surface area contributed by atoms with Crippen molar-refractivity contribution in [3.63, 3.8) is 0 Å². The Balaban J connectivity index is 3.21. The third-order valence-electron chi connectivity index (χ3n) is 1.65. The number of hydrogen-bond acceptors (Lipinski definition) is 3. The fourth-order valence-corrected chi connectivity index (χ4v) is 2.07. The van der Waals surface area contributed by atoms with Crippen LogP contribution in [0.1, 0.15) is 22.8 Å². The maximum atomic E-state index is 11.5. The smallest absolute Gasteiger partial charge is 0.340 e. The molecule has 0 spiro atoms. The van der Waals surface area contributed by atoms with E-state index in [2.05, 4.69) is 15.9 Å². The topological polar surface area (TPSA) is 50.1 Å². The standard InChI is InChI=1S/C10H7BrClNO2/c1-2-15-10(14)9-7(11)3-6(5-13)4-8(9)12/h3-4H,2H2,1H3. The number of carbonyl (C=O) groups excluding carboxylic acids is 1. The molecule has 78 valence electrons. The minimum absolute atomic E-state index is 0.208. The average Bonchev–Trinajstić information content (AvgIpc) is 2.16. The number of halogens is 2. The number of ether oxygens (including phenoxy) is 1. The molecule has 0 fully saturated rings. The van der Waals surface area contributed by atoms with Gasteiger partial charge < -0.3 is 4.74 Å². The van der Waals surface area contributed by atoms with E-state index in [1.54, 1.807) is 6.92 Å². The minimum Gasteiger partial charge on any atom is -0.462 e. The van der Waals surface area contributed by atoms with E-state index < -0.39 is 5.97 Å². The summed E-state index contributed by atoms with van der Waals surface area (Å²) in [4.78, 5) is 11.5. The molecule has 1 aromatic rings. The van der Waals surface area contributed by atoms with Gasteiger partial charge in [0.1, 0.15) is 0 Å². The molecule has 0 amide bonds. The predicted octanol–water partition coefficient (Wildman–Crippen LogP) is 3.15. The molecule has 0 aliphatic heterocycles. The predicted molar refractivity (Wildman–Crippen MR) is 59.8 cm³/mol. The number of carbonyl (C=O) groups is 1. The summed E-state index contributed by atoms with van der Waals surface area (Å²) in [7, 11) is 0. The first kappa shape index (κ1) is 12.0. The summed E-state index contributed by atoms with van der Waals surface area (Å²) in [5.74, 6) is -0.501. The van der Waals surface area contributed by atoms with Crippen LogP contribution in [0.4, 0.5) is 0 Å². The molecule has 0 aliphatic carbocycles. The number of hydrogen-bond donors (Lipinski definition) is 0. The van der Waals surface area contributed by atoms with Crippen LogP contribution in [0.2, 0.25) is 5.02 Å². The lowest BCUT2D eigenvalue weighted by Gasteiger charge is -2.06. The summed E-state index contributed by atoms with van der Waals surface area (Å²) >= 11 is 9.04. The van der Waals surface area contributed by atoms with Gasteiger partial charge in [-0.1, -0.05) is 11.6 Å². The van der Waals surface area contributed by atoms with Crippen LogP contribution in [0, 0.1) is 11.3 Å². The Morgan fingerprint density at radius 2 is 2.33 bits per heavy atom. The van der Waals surface area contributed by atoms with E-state index in [1.807, 2.05) is 6.07 Å². The highest BCUT2D eigenvalue weighted by molar-refractivity contribution is 9.10. The number of nitrogens with zero attached hydrogens (tertiary/aromatic N) is 1. The molecule has 0 atom stereocenters. The lowest BCUT2D eigenvalue weighted by molar-refractivity contribution is 0.0525. The Morgan fingerprint density at radius 1 is 1.67 bits per heavy atom. The first-order chi connectivity index (χ1) is 7.10. The summed E-state index contributed by atoms with van der Waals surface area (Å²) < 4.78 is 5.29. The summed E-state index contributed by atoms with van der Waals surface area (Å²) in [6.07, 6.45) is 0. The normalized spacial score (nSPS) is 9.47. The van der Waals surface area contributed by atoms with Crippen molar-refractivity contribution in [1.29, 1.82) is 5.26 Å². The SMILES string of the molecule is CCOC(=O)c1c(Cl)cc(C#N)cc1Br. The van der Waals surface area contributed by atoms with E-state index in [4.69, 9.17) is 21.6 Å². The number of esters is 1. The lowest BCUT2D eigenvalue weighted by atomic mass is 10.1. The molecule has 5 heteroatoms. The molecular weight excluding hydrogens is 281 g/mol. The van der Waals surface area contributed by atoms with Crippen LogP contribution in [0.25, 0.3) is 0 Å². The largest absolute Gasteiger partial charge is 0.462 e. The molecule has 0 aliphatic rings. The number of rotatable bonds is 2. The molecule has 0 saturated carbocycles. The highest BCUT2D eigenvalue weighted by Gasteiger charge is 2.16. The molecule has 0 saturated heterocycles. The molecule has 3 nitrogen and oxygen atoms in total. The second-order valence-corrected chi connectivity index (χ2v) is 3.91. The monoisotopic (exact) mass is 287 g/mol. The Bertz CT molecular complexity index is 417. The molecule has 0 bridgehead atoms. The van der Waals surface area contributed by atoms with Crippen molar-refractivity contribution in [2.24, 2.45) is 0 Å². The Labute approximate surface area is 101 Å². The van der Waals surface area contributed by atoms with Gasteiger partial charge in [-0.25, -0.2) is 4.79 Å². The van der Waals surface area contributed by atoms with Gasteiger partial charge >= 0.3 is 5.97 Å². The molecule has 0 radical (unpaired) electrons. The lowest BCUT2D eigenvalue weighted by Crippen LogP contribution is -2.06. The van der Waals surface area contributed by atoms with Crippen LogP contribution in [0.3, 0.4) is 0 Å². The van der Waals surface area contributed by atoms with Crippen molar-refractivity contribution in [2.45, 2.75) is 6.92 Å².